The Morgan fingerprint density at radius 3 is 2.42 bits per heavy atom. The standard InChI is InChI=1S/C9H21NO2/c1-8(2)9(3,7-11)10-5-6-12-4/h8,10-11H,5-7H2,1-4H3. The Bertz CT molecular complexity index is 117. The van der Waals surface area contributed by atoms with Crippen LogP contribution in [-0.4, -0.2) is 37.5 Å². The Balaban J connectivity index is 3.80. The van der Waals surface area contributed by atoms with Gasteiger partial charge in [-0.25, -0.2) is 0 Å². The molecule has 1 atom stereocenters. The highest BCUT2D eigenvalue weighted by Crippen LogP contribution is 2.14. The Kier molecular flexibility index (Phi) is 5.46. The maximum Gasteiger partial charge on any atom is 0.0613 e. The summed E-state index contributed by atoms with van der Waals surface area (Å²) in [6.07, 6.45) is 0. The summed E-state index contributed by atoms with van der Waals surface area (Å²) in [5, 5.41) is 12.4. The number of ether oxygens (including phenoxy) is 1. The van der Waals surface area contributed by atoms with E-state index in [0.717, 1.165) is 6.54 Å². The fraction of sp³-hybridized carbons (Fsp3) is 1.00. The molecule has 0 spiro atoms. The van der Waals surface area contributed by atoms with Crippen molar-refractivity contribution in [2.24, 2.45) is 5.92 Å². The molecule has 0 fully saturated rings. The van der Waals surface area contributed by atoms with E-state index in [4.69, 9.17) is 9.84 Å². The molecule has 1 unspecified atom stereocenters. The molecule has 0 saturated carbocycles. The molecule has 0 aliphatic heterocycles. The predicted molar refractivity (Wildman–Crippen MR) is 50.2 cm³/mol. The molecule has 0 bridgehead atoms. The fourth-order valence-electron chi connectivity index (χ4n) is 0.881. The van der Waals surface area contributed by atoms with Crippen molar-refractivity contribution < 1.29 is 9.84 Å². The van der Waals surface area contributed by atoms with Gasteiger partial charge in [0.15, 0.2) is 0 Å². The van der Waals surface area contributed by atoms with E-state index in [1.54, 1.807) is 7.11 Å². The van der Waals surface area contributed by atoms with Crippen LogP contribution in [0.3, 0.4) is 0 Å². The smallest absolute Gasteiger partial charge is 0.0613 e. The third-order valence-electron chi connectivity index (χ3n) is 2.44. The second-order valence-corrected chi connectivity index (χ2v) is 3.65. The second kappa shape index (κ2) is 5.51. The number of rotatable bonds is 6. The first-order chi connectivity index (χ1) is 5.56. The molecule has 3 nitrogen and oxygen atoms in total. The summed E-state index contributed by atoms with van der Waals surface area (Å²) < 4.78 is 4.92. The number of hydrogen-bond acceptors (Lipinski definition) is 3. The molecule has 0 aliphatic rings. The number of nitrogens with one attached hydrogen (secondary N) is 1. The molecule has 0 radical (unpaired) electrons. The lowest BCUT2D eigenvalue weighted by molar-refractivity contribution is 0.117. The molecule has 0 saturated heterocycles. The van der Waals surface area contributed by atoms with E-state index in [2.05, 4.69) is 19.2 Å². The zero-order valence-electron chi connectivity index (χ0n) is 8.55. The quantitative estimate of drug-likeness (QED) is 0.582. The summed E-state index contributed by atoms with van der Waals surface area (Å²) >= 11 is 0. The Labute approximate surface area is 75.1 Å². The lowest BCUT2D eigenvalue weighted by atomic mass is 9.89. The van der Waals surface area contributed by atoms with Crippen molar-refractivity contribution in [3.8, 4) is 0 Å². The first kappa shape index (κ1) is 11.9. The predicted octanol–water partition coefficient (Wildman–Crippen LogP) is 0.629. The van der Waals surface area contributed by atoms with Crippen LogP contribution in [0.4, 0.5) is 0 Å². The van der Waals surface area contributed by atoms with Crippen molar-refractivity contribution in [1.29, 1.82) is 0 Å². The van der Waals surface area contributed by atoms with E-state index in [-0.39, 0.29) is 12.1 Å². The van der Waals surface area contributed by atoms with E-state index < -0.39 is 0 Å². The van der Waals surface area contributed by atoms with Crippen molar-refractivity contribution >= 4 is 0 Å². The SMILES string of the molecule is COCCNC(C)(CO)C(C)C. The molecule has 0 aromatic carbocycles. The summed E-state index contributed by atoms with van der Waals surface area (Å²) in [6.45, 7) is 7.84. The highest BCUT2D eigenvalue weighted by atomic mass is 16.5. The van der Waals surface area contributed by atoms with Gasteiger partial charge in [-0.15, -0.1) is 0 Å². The topological polar surface area (TPSA) is 41.5 Å². The van der Waals surface area contributed by atoms with E-state index in [0.29, 0.717) is 12.5 Å². The highest BCUT2D eigenvalue weighted by Gasteiger charge is 2.25. The molecule has 74 valence electrons. The van der Waals surface area contributed by atoms with Crippen molar-refractivity contribution in [2.75, 3.05) is 26.9 Å². The van der Waals surface area contributed by atoms with E-state index in [1.807, 2.05) is 6.92 Å². The maximum absolute atomic E-state index is 9.15. The lowest BCUT2D eigenvalue weighted by Gasteiger charge is -2.32. The van der Waals surface area contributed by atoms with Crippen LogP contribution in [0.2, 0.25) is 0 Å². The molecule has 0 aliphatic carbocycles. The van der Waals surface area contributed by atoms with Crippen LogP contribution in [0.1, 0.15) is 20.8 Å². The number of hydrogen-bond donors (Lipinski definition) is 2. The summed E-state index contributed by atoms with van der Waals surface area (Å²) in [5.41, 5.74) is -0.182. The van der Waals surface area contributed by atoms with Gasteiger partial charge in [0, 0.05) is 19.2 Å². The molecular formula is C9H21NO2. The highest BCUT2D eigenvalue weighted by molar-refractivity contribution is 4.85. The Morgan fingerprint density at radius 1 is 1.50 bits per heavy atom. The summed E-state index contributed by atoms with van der Waals surface area (Å²) in [4.78, 5) is 0. The van der Waals surface area contributed by atoms with Crippen LogP contribution < -0.4 is 5.32 Å². The molecule has 0 aromatic rings. The van der Waals surface area contributed by atoms with Crippen LogP contribution in [-0.2, 0) is 4.74 Å². The van der Waals surface area contributed by atoms with Crippen LogP contribution >= 0.6 is 0 Å². The Hall–Kier alpha value is -0.120. The first-order valence-electron chi connectivity index (χ1n) is 4.41. The molecule has 0 heterocycles. The van der Waals surface area contributed by atoms with Gasteiger partial charge >= 0.3 is 0 Å². The molecule has 0 aromatic heterocycles. The normalized spacial score (nSPS) is 16.5. The van der Waals surface area contributed by atoms with E-state index in [1.165, 1.54) is 0 Å². The van der Waals surface area contributed by atoms with Crippen molar-refractivity contribution in [3.05, 3.63) is 0 Å². The van der Waals surface area contributed by atoms with Gasteiger partial charge in [0.2, 0.25) is 0 Å². The van der Waals surface area contributed by atoms with Gasteiger partial charge in [-0.2, -0.15) is 0 Å². The van der Waals surface area contributed by atoms with E-state index in [9.17, 15) is 0 Å². The minimum Gasteiger partial charge on any atom is -0.394 e. The Morgan fingerprint density at radius 2 is 2.08 bits per heavy atom. The number of aliphatic hydroxyl groups is 1. The minimum atomic E-state index is -0.182. The van der Waals surface area contributed by atoms with Gasteiger partial charge in [-0.1, -0.05) is 13.8 Å². The van der Waals surface area contributed by atoms with Gasteiger partial charge < -0.3 is 15.2 Å². The van der Waals surface area contributed by atoms with Crippen LogP contribution in [0.25, 0.3) is 0 Å². The molecule has 3 heteroatoms. The van der Waals surface area contributed by atoms with Gasteiger partial charge in [0.25, 0.3) is 0 Å². The minimum absolute atomic E-state index is 0.161. The lowest BCUT2D eigenvalue weighted by Crippen LogP contribution is -2.51. The largest absolute Gasteiger partial charge is 0.394 e. The van der Waals surface area contributed by atoms with Crippen LogP contribution in [0.15, 0.2) is 0 Å². The van der Waals surface area contributed by atoms with E-state index >= 15 is 0 Å². The third kappa shape index (κ3) is 3.52. The van der Waals surface area contributed by atoms with Crippen LogP contribution in [0.5, 0.6) is 0 Å². The van der Waals surface area contributed by atoms with Crippen LogP contribution in [0, 0.1) is 5.92 Å². The van der Waals surface area contributed by atoms with Gasteiger partial charge in [0.1, 0.15) is 0 Å². The average Bonchev–Trinajstić information content (AvgIpc) is 2.04. The molecule has 2 N–H and O–H groups in total. The fourth-order valence-corrected chi connectivity index (χ4v) is 0.881. The van der Waals surface area contributed by atoms with Gasteiger partial charge in [0.05, 0.1) is 13.2 Å². The molecule has 12 heavy (non-hydrogen) atoms. The molecule has 0 amide bonds. The number of aliphatic hydroxyl groups excluding tert-OH is 1. The molecular weight excluding hydrogens is 154 g/mol. The second-order valence-electron chi connectivity index (χ2n) is 3.65. The number of methoxy groups -OCH3 is 1. The first-order valence-corrected chi connectivity index (χ1v) is 4.41. The van der Waals surface area contributed by atoms with Crippen molar-refractivity contribution in [2.45, 2.75) is 26.3 Å². The zero-order chi connectivity index (χ0) is 9.61. The summed E-state index contributed by atoms with van der Waals surface area (Å²) in [6, 6.07) is 0. The summed E-state index contributed by atoms with van der Waals surface area (Å²) in [7, 11) is 1.67. The van der Waals surface area contributed by atoms with Gasteiger partial charge in [-0.05, 0) is 12.8 Å². The maximum atomic E-state index is 9.15. The third-order valence-corrected chi connectivity index (χ3v) is 2.44. The zero-order valence-corrected chi connectivity index (χ0v) is 8.55. The summed E-state index contributed by atoms with van der Waals surface area (Å²) in [5.74, 6) is 0.416. The monoisotopic (exact) mass is 175 g/mol. The van der Waals surface area contributed by atoms with Gasteiger partial charge in [-0.3, -0.25) is 0 Å². The molecule has 0 rings (SSSR count). The van der Waals surface area contributed by atoms with Crippen molar-refractivity contribution in [3.63, 3.8) is 0 Å². The van der Waals surface area contributed by atoms with Crippen molar-refractivity contribution in [1.82, 2.24) is 5.32 Å². The average molecular weight is 175 g/mol.